The predicted molar refractivity (Wildman–Crippen MR) is 136 cm³/mol. The van der Waals surface area contributed by atoms with E-state index in [2.05, 4.69) is 33.1 Å². The summed E-state index contributed by atoms with van der Waals surface area (Å²) in [5.74, 6) is 2.76. The summed E-state index contributed by atoms with van der Waals surface area (Å²) >= 11 is 0. The van der Waals surface area contributed by atoms with Crippen LogP contribution < -0.4 is 14.8 Å². The van der Waals surface area contributed by atoms with Crippen LogP contribution >= 0.6 is 24.0 Å². The minimum Gasteiger partial charge on any atom is -0.497 e. The number of aromatic nitrogens is 1. The topological polar surface area (TPSA) is 62.2 Å². The van der Waals surface area contributed by atoms with Crippen molar-refractivity contribution in [2.24, 2.45) is 4.99 Å². The Kier molecular flexibility index (Phi) is 10.9. The van der Waals surface area contributed by atoms with Crippen LogP contribution in [0.1, 0.15) is 18.2 Å². The highest BCUT2D eigenvalue weighted by Gasteiger charge is 2.20. The molecule has 0 unspecified atom stereocenters. The Morgan fingerprint density at radius 3 is 2.55 bits per heavy atom. The normalized spacial score (nSPS) is 14.7. The van der Waals surface area contributed by atoms with Gasteiger partial charge >= 0.3 is 0 Å². The van der Waals surface area contributed by atoms with Crippen LogP contribution in [-0.2, 0) is 13.0 Å². The summed E-state index contributed by atoms with van der Waals surface area (Å²) in [6, 6.07) is 12.0. The summed E-state index contributed by atoms with van der Waals surface area (Å²) < 4.78 is 10.9. The fourth-order valence-corrected chi connectivity index (χ4v) is 3.61. The van der Waals surface area contributed by atoms with E-state index in [9.17, 15) is 0 Å². The Morgan fingerprint density at radius 1 is 1.10 bits per heavy atom. The van der Waals surface area contributed by atoms with E-state index in [1.807, 2.05) is 36.5 Å². The van der Waals surface area contributed by atoms with Crippen molar-refractivity contribution in [1.29, 1.82) is 0 Å². The molecule has 1 N–H and O–H groups in total. The van der Waals surface area contributed by atoms with Crippen LogP contribution in [0.4, 0.5) is 0 Å². The van der Waals surface area contributed by atoms with E-state index in [1.165, 1.54) is 0 Å². The molecule has 7 nitrogen and oxygen atoms in total. The number of halogens is 1. The molecule has 1 fully saturated rings. The molecule has 1 aromatic carbocycles. The molecule has 2 heterocycles. The zero-order valence-corrected chi connectivity index (χ0v) is 21.0. The van der Waals surface area contributed by atoms with E-state index in [1.54, 1.807) is 14.2 Å². The molecule has 0 aliphatic carbocycles. The second-order valence-corrected chi connectivity index (χ2v) is 7.25. The maximum absolute atomic E-state index is 5.53. The lowest BCUT2D eigenvalue weighted by Crippen LogP contribution is -2.52. The van der Waals surface area contributed by atoms with Crippen molar-refractivity contribution < 1.29 is 9.47 Å². The largest absolute Gasteiger partial charge is 0.497 e. The van der Waals surface area contributed by atoms with Crippen LogP contribution in [0.3, 0.4) is 0 Å². The van der Waals surface area contributed by atoms with Crippen LogP contribution in [0.25, 0.3) is 0 Å². The zero-order chi connectivity index (χ0) is 21.2. The lowest BCUT2D eigenvalue weighted by Gasteiger charge is -2.36. The number of rotatable bonds is 8. The lowest BCUT2D eigenvalue weighted by molar-refractivity contribution is 0.171. The van der Waals surface area contributed by atoms with Crippen molar-refractivity contribution in [2.45, 2.75) is 19.9 Å². The number of benzene rings is 1. The van der Waals surface area contributed by atoms with E-state index in [-0.39, 0.29) is 24.0 Å². The summed E-state index contributed by atoms with van der Waals surface area (Å²) in [5.41, 5.74) is 2.23. The summed E-state index contributed by atoms with van der Waals surface area (Å²) in [6.07, 6.45) is 2.69. The first kappa shape index (κ1) is 25.2. The average molecular weight is 539 g/mol. The van der Waals surface area contributed by atoms with Gasteiger partial charge in [0.1, 0.15) is 11.5 Å². The second kappa shape index (κ2) is 13.4. The molecule has 0 radical (unpaired) electrons. The summed E-state index contributed by atoms with van der Waals surface area (Å²) in [7, 11) is 3.41. The minimum atomic E-state index is 0. The number of ether oxygens (including phenoxy) is 2. The third-order valence-corrected chi connectivity index (χ3v) is 5.24. The molecule has 0 bridgehead atoms. The SMILES string of the molecule is CCNC(=NCCc1ccccn1)N1CCN(Cc2cc(OC)ccc2OC)CC1.I. The number of nitrogens with one attached hydrogen (secondary N) is 1. The maximum atomic E-state index is 5.53. The molecule has 170 valence electrons. The number of piperazine rings is 1. The first-order chi connectivity index (χ1) is 14.7. The maximum Gasteiger partial charge on any atom is 0.194 e. The fourth-order valence-electron chi connectivity index (χ4n) is 3.61. The van der Waals surface area contributed by atoms with Crippen molar-refractivity contribution >= 4 is 29.9 Å². The predicted octanol–water partition coefficient (Wildman–Crippen LogP) is 3.04. The van der Waals surface area contributed by atoms with E-state index in [0.29, 0.717) is 0 Å². The van der Waals surface area contributed by atoms with E-state index in [0.717, 1.165) is 81.0 Å². The van der Waals surface area contributed by atoms with Gasteiger partial charge in [-0.15, -0.1) is 24.0 Å². The van der Waals surface area contributed by atoms with Crippen molar-refractivity contribution in [3.8, 4) is 11.5 Å². The molecular formula is C23H34IN5O2. The number of guanidine groups is 1. The molecule has 3 rings (SSSR count). The molecule has 8 heteroatoms. The minimum absolute atomic E-state index is 0. The Bertz CT molecular complexity index is 811. The molecule has 0 amide bonds. The highest BCUT2D eigenvalue weighted by atomic mass is 127. The lowest BCUT2D eigenvalue weighted by atomic mass is 10.1. The quantitative estimate of drug-likeness (QED) is 0.316. The van der Waals surface area contributed by atoms with Crippen molar-refractivity contribution in [3.05, 3.63) is 53.9 Å². The Morgan fingerprint density at radius 2 is 1.90 bits per heavy atom. The Hall–Kier alpha value is -2.07. The molecule has 0 saturated carbocycles. The van der Waals surface area contributed by atoms with E-state index in [4.69, 9.17) is 14.5 Å². The smallest absolute Gasteiger partial charge is 0.194 e. The van der Waals surface area contributed by atoms with Gasteiger partial charge in [-0.05, 0) is 37.3 Å². The molecule has 1 aromatic heterocycles. The average Bonchev–Trinajstić information content (AvgIpc) is 2.80. The highest BCUT2D eigenvalue weighted by molar-refractivity contribution is 14.0. The van der Waals surface area contributed by atoms with Gasteiger partial charge in [0, 0.05) is 69.7 Å². The van der Waals surface area contributed by atoms with Crippen molar-refractivity contribution in [3.63, 3.8) is 0 Å². The van der Waals surface area contributed by atoms with Gasteiger partial charge in [0.25, 0.3) is 0 Å². The first-order valence-electron chi connectivity index (χ1n) is 10.6. The van der Waals surface area contributed by atoms with Gasteiger partial charge in [0.05, 0.1) is 14.2 Å². The standard InChI is InChI=1S/C23H33N5O2.HI/c1-4-24-23(26-12-10-20-7-5-6-11-25-20)28-15-13-27(14-16-28)18-19-17-21(29-2)8-9-22(19)30-3;/h5-9,11,17H,4,10,12-16,18H2,1-3H3,(H,24,26);1H. The van der Waals surface area contributed by atoms with Crippen LogP contribution in [0, 0.1) is 0 Å². The second-order valence-electron chi connectivity index (χ2n) is 7.25. The van der Waals surface area contributed by atoms with Crippen LogP contribution in [0.2, 0.25) is 0 Å². The van der Waals surface area contributed by atoms with Crippen molar-refractivity contribution in [2.75, 3.05) is 53.5 Å². The van der Waals surface area contributed by atoms with Gasteiger partial charge in [-0.1, -0.05) is 6.07 Å². The summed E-state index contributed by atoms with van der Waals surface area (Å²) in [5, 5.41) is 3.44. The monoisotopic (exact) mass is 539 g/mol. The Labute approximate surface area is 202 Å². The van der Waals surface area contributed by atoms with Gasteiger partial charge in [0.2, 0.25) is 0 Å². The number of aliphatic imine (C=N–C) groups is 1. The summed E-state index contributed by atoms with van der Waals surface area (Å²) in [4.78, 5) is 14.0. The first-order valence-corrected chi connectivity index (χ1v) is 10.6. The fraction of sp³-hybridized carbons (Fsp3) is 0.478. The van der Waals surface area contributed by atoms with Gasteiger partial charge in [-0.25, -0.2) is 0 Å². The Balaban J connectivity index is 0.00000341. The third-order valence-electron chi connectivity index (χ3n) is 5.24. The molecule has 1 aliphatic rings. The number of pyridine rings is 1. The third kappa shape index (κ3) is 7.53. The van der Waals surface area contributed by atoms with Crippen LogP contribution in [0.15, 0.2) is 47.6 Å². The van der Waals surface area contributed by atoms with Gasteiger partial charge < -0.3 is 19.7 Å². The number of hydrogen-bond acceptors (Lipinski definition) is 5. The molecule has 2 aromatic rings. The van der Waals surface area contributed by atoms with Gasteiger partial charge in [-0.3, -0.25) is 14.9 Å². The molecule has 0 atom stereocenters. The van der Waals surface area contributed by atoms with Crippen molar-refractivity contribution in [1.82, 2.24) is 20.1 Å². The van der Waals surface area contributed by atoms with Gasteiger partial charge in [0.15, 0.2) is 5.96 Å². The number of hydrogen-bond donors (Lipinski definition) is 1. The molecule has 1 aliphatic heterocycles. The molecule has 1 saturated heterocycles. The highest BCUT2D eigenvalue weighted by Crippen LogP contribution is 2.25. The molecule has 31 heavy (non-hydrogen) atoms. The summed E-state index contributed by atoms with van der Waals surface area (Å²) in [6.45, 7) is 8.41. The number of methoxy groups -OCH3 is 2. The van der Waals surface area contributed by atoms with E-state index >= 15 is 0 Å². The van der Waals surface area contributed by atoms with Crippen LogP contribution in [-0.4, -0.2) is 74.2 Å². The van der Waals surface area contributed by atoms with E-state index < -0.39 is 0 Å². The zero-order valence-electron chi connectivity index (χ0n) is 18.7. The number of nitrogens with zero attached hydrogens (tertiary/aromatic N) is 4. The van der Waals surface area contributed by atoms with Gasteiger partial charge in [-0.2, -0.15) is 0 Å². The molecular weight excluding hydrogens is 505 g/mol. The van der Waals surface area contributed by atoms with Crippen LogP contribution in [0.5, 0.6) is 11.5 Å². The molecule has 0 spiro atoms.